The molecule has 1 fully saturated rings. The molecule has 0 amide bonds. The van der Waals surface area contributed by atoms with Crippen LogP contribution in [0, 0.1) is 0 Å². The van der Waals surface area contributed by atoms with Crippen molar-refractivity contribution in [2.45, 2.75) is 19.0 Å². The molecule has 0 saturated carbocycles. The number of benzene rings is 1. The van der Waals surface area contributed by atoms with Crippen molar-refractivity contribution in [2.24, 2.45) is 4.99 Å². The first-order valence-corrected chi connectivity index (χ1v) is 9.94. The highest BCUT2D eigenvalue weighted by atomic mass is 79.9. The Labute approximate surface area is 171 Å². The molecule has 1 saturated heterocycles. The van der Waals surface area contributed by atoms with Gasteiger partial charge in [0.05, 0.1) is 18.5 Å². The summed E-state index contributed by atoms with van der Waals surface area (Å²) in [6.45, 7) is 2.42. The second-order valence-corrected chi connectivity index (χ2v) is 7.39. The van der Waals surface area contributed by atoms with E-state index in [-0.39, 0.29) is 0 Å². The molecule has 3 aromatic rings. The lowest BCUT2D eigenvalue weighted by molar-refractivity contribution is 0.577. The number of H-pyrrole nitrogens is 1. The second-order valence-electron chi connectivity index (χ2n) is 6.54. The number of aromatic nitrogens is 3. The van der Waals surface area contributed by atoms with Crippen molar-refractivity contribution >= 4 is 27.6 Å². The first-order chi connectivity index (χ1) is 13.7. The molecule has 1 unspecified atom stereocenters. The third kappa shape index (κ3) is 4.19. The zero-order valence-electron chi connectivity index (χ0n) is 15.5. The van der Waals surface area contributed by atoms with Crippen LogP contribution in [0.5, 0.6) is 0 Å². The molecular formula is C19H22BrN7O. The summed E-state index contributed by atoms with van der Waals surface area (Å²) in [6, 6.07) is 12.3. The van der Waals surface area contributed by atoms with Crippen molar-refractivity contribution in [3.63, 3.8) is 0 Å². The van der Waals surface area contributed by atoms with Crippen LogP contribution in [0.1, 0.15) is 12.2 Å². The molecule has 0 aliphatic carbocycles. The van der Waals surface area contributed by atoms with Crippen molar-refractivity contribution in [3.05, 3.63) is 53.0 Å². The Morgan fingerprint density at radius 2 is 2.25 bits per heavy atom. The highest BCUT2D eigenvalue weighted by molar-refractivity contribution is 9.10. The van der Waals surface area contributed by atoms with Gasteiger partial charge < -0.3 is 20.0 Å². The molecule has 1 aromatic carbocycles. The molecule has 0 bridgehead atoms. The number of para-hydroxylation sites is 1. The van der Waals surface area contributed by atoms with Gasteiger partial charge in [-0.15, -0.1) is 5.10 Å². The fourth-order valence-corrected chi connectivity index (χ4v) is 3.79. The van der Waals surface area contributed by atoms with Crippen molar-refractivity contribution in [2.75, 3.05) is 25.0 Å². The molecule has 3 N–H and O–H groups in total. The predicted molar refractivity (Wildman–Crippen MR) is 112 cm³/mol. The van der Waals surface area contributed by atoms with Crippen LogP contribution < -0.4 is 15.5 Å². The number of aromatic amines is 1. The van der Waals surface area contributed by atoms with E-state index in [1.165, 1.54) is 5.69 Å². The summed E-state index contributed by atoms with van der Waals surface area (Å²) < 4.78 is 6.43. The molecule has 9 heteroatoms. The maximum absolute atomic E-state index is 5.31. The SMILES string of the molecule is CN=C(NCc1nc(-c2ccco2)n[nH]1)NC1CCN(c2ccccc2Br)C1. The Balaban J connectivity index is 1.30. The van der Waals surface area contributed by atoms with Crippen LogP contribution in [-0.2, 0) is 6.54 Å². The Morgan fingerprint density at radius 3 is 3.04 bits per heavy atom. The fourth-order valence-electron chi connectivity index (χ4n) is 3.25. The van der Waals surface area contributed by atoms with Gasteiger partial charge in [-0.1, -0.05) is 12.1 Å². The third-order valence-corrected chi connectivity index (χ3v) is 5.31. The van der Waals surface area contributed by atoms with Crippen molar-refractivity contribution in [3.8, 4) is 11.6 Å². The molecule has 2 aromatic heterocycles. The van der Waals surface area contributed by atoms with Crippen LogP contribution in [-0.4, -0.2) is 47.3 Å². The summed E-state index contributed by atoms with van der Waals surface area (Å²) in [5.41, 5.74) is 1.22. The average molecular weight is 444 g/mol. The number of hydrogen-bond acceptors (Lipinski definition) is 5. The molecule has 1 aliphatic heterocycles. The van der Waals surface area contributed by atoms with E-state index < -0.39 is 0 Å². The second kappa shape index (κ2) is 8.47. The first kappa shape index (κ1) is 18.5. The highest BCUT2D eigenvalue weighted by Gasteiger charge is 2.24. The molecule has 1 atom stereocenters. The zero-order valence-corrected chi connectivity index (χ0v) is 17.1. The van der Waals surface area contributed by atoms with Crippen molar-refractivity contribution < 1.29 is 4.42 Å². The Bertz CT molecular complexity index is 937. The maximum Gasteiger partial charge on any atom is 0.216 e. The number of anilines is 1. The monoisotopic (exact) mass is 443 g/mol. The minimum Gasteiger partial charge on any atom is -0.461 e. The van der Waals surface area contributed by atoms with E-state index in [1.807, 2.05) is 18.2 Å². The minimum atomic E-state index is 0.326. The largest absolute Gasteiger partial charge is 0.461 e. The topological polar surface area (TPSA) is 94.4 Å². The van der Waals surface area contributed by atoms with Gasteiger partial charge in [0.25, 0.3) is 0 Å². The Morgan fingerprint density at radius 1 is 1.36 bits per heavy atom. The van der Waals surface area contributed by atoms with E-state index in [9.17, 15) is 0 Å². The zero-order chi connectivity index (χ0) is 19.3. The molecule has 28 heavy (non-hydrogen) atoms. The van der Waals surface area contributed by atoms with E-state index in [0.717, 1.165) is 35.8 Å². The van der Waals surface area contributed by atoms with Gasteiger partial charge in [0.2, 0.25) is 5.82 Å². The third-order valence-electron chi connectivity index (χ3n) is 4.64. The number of hydrogen-bond donors (Lipinski definition) is 3. The number of nitrogens with one attached hydrogen (secondary N) is 3. The van der Waals surface area contributed by atoms with Gasteiger partial charge in [0.1, 0.15) is 5.82 Å². The number of halogens is 1. The van der Waals surface area contributed by atoms with Gasteiger partial charge in [-0.3, -0.25) is 10.1 Å². The van der Waals surface area contributed by atoms with E-state index >= 15 is 0 Å². The van der Waals surface area contributed by atoms with Crippen molar-refractivity contribution in [1.82, 2.24) is 25.8 Å². The van der Waals surface area contributed by atoms with Gasteiger partial charge in [0, 0.05) is 30.7 Å². The highest BCUT2D eigenvalue weighted by Crippen LogP contribution is 2.28. The summed E-state index contributed by atoms with van der Waals surface area (Å²) >= 11 is 3.64. The molecule has 0 radical (unpaired) electrons. The van der Waals surface area contributed by atoms with Gasteiger partial charge in [-0.2, -0.15) is 0 Å². The Hall–Kier alpha value is -2.81. The van der Waals surface area contributed by atoms with Crippen LogP contribution in [0.25, 0.3) is 11.6 Å². The minimum absolute atomic E-state index is 0.326. The van der Waals surface area contributed by atoms with Crippen molar-refractivity contribution in [1.29, 1.82) is 0 Å². The maximum atomic E-state index is 5.31. The van der Waals surface area contributed by atoms with Gasteiger partial charge in [0.15, 0.2) is 11.7 Å². The van der Waals surface area contributed by atoms with Crippen LogP contribution in [0.15, 0.2) is 56.5 Å². The summed E-state index contributed by atoms with van der Waals surface area (Å²) in [5, 5.41) is 13.9. The van der Waals surface area contributed by atoms with Gasteiger partial charge in [-0.25, -0.2) is 4.98 Å². The normalized spacial score (nSPS) is 17.1. The first-order valence-electron chi connectivity index (χ1n) is 9.15. The summed E-state index contributed by atoms with van der Waals surface area (Å²) in [7, 11) is 1.77. The van der Waals surface area contributed by atoms with Crippen LogP contribution in [0.4, 0.5) is 5.69 Å². The lowest BCUT2D eigenvalue weighted by Crippen LogP contribution is -2.44. The lowest BCUT2D eigenvalue weighted by atomic mass is 10.3. The van der Waals surface area contributed by atoms with E-state index in [1.54, 1.807) is 13.3 Å². The summed E-state index contributed by atoms with van der Waals surface area (Å²) in [4.78, 5) is 11.1. The lowest BCUT2D eigenvalue weighted by Gasteiger charge is -2.21. The molecule has 1 aliphatic rings. The summed E-state index contributed by atoms with van der Waals surface area (Å²) in [6.07, 6.45) is 2.65. The predicted octanol–water partition coefficient (Wildman–Crippen LogP) is 2.77. The number of rotatable bonds is 5. The molecule has 146 valence electrons. The van der Waals surface area contributed by atoms with Gasteiger partial charge in [-0.05, 0) is 46.6 Å². The van der Waals surface area contributed by atoms with E-state index in [4.69, 9.17) is 4.42 Å². The summed E-state index contributed by atoms with van der Waals surface area (Å²) in [5.74, 6) is 2.65. The average Bonchev–Trinajstić information content (AvgIpc) is 3.46. The molecule has 3 heterocycles. The fraction of sp³-hybridized carbons (Fsp3) is 0.316. The smallest absolute Gasteiger partial charge is 0.216 e. The van der Waals surface area contributed by atoms with Crippen LogP contribution >= 0.6 is 15.9 Å². The van der Waals surface area contributed by atoms with E-state index in [0.29, 0.717) is 24.2 Å². The standard InChI is InChI=1S/C19H22BrN7O/c1-21-19(22-11-17-24-18(26-25-17)16-7-4-10-28-16)23-13-8-9-27(12-13)15-6-3-2-5-14(15)20/h2-7,10,13H,8-9,11-12H2,1H3,(H2,21,22,23)(H,24,25,26). The Kier molecular flexibility index (Phi) is 5.61. The molecule has 4 rings (SSSR count). The molecule has 8 nitrogen and oxygen atoms in total. The van der Waals surface area contributed by atoms with E-state index in [2.05, 4.69) is 69.8 Å². The quantitative estimate of drug-likeness (QED) is 0.414. The number of furan rings is 1. The van der Waals surface area contributed by atoms with Crippen LogP contribution in [0.2, 0.25) is 0 Å². The number of nitrogens with zero attached hydrogens (tertiary/aromatic N) is 4. The van der Waals surface area contributed by atoms with Gasteiger partial charge >= 0.3 is 0 Å². The molecule has 0 spiro atoms. The number of guanidine groups is 1. The van der Waals surface area contributed by atoms with Crippen LogP contribution in [0.3, 0.4) is 0 Å². The molecular weight excluding hydrogens is 422 g/mol. The number of aliphatic imine (C=N–C) groups is 1.